The zero-order valence-corrected chi connectivity index (χ0v) is 21.3. The maximum absolute atomic E-state index is 13.2. The number of ether oxygens (including phenoxy) is 1. The number of carbonyl (C=O) groups is 4. The van der Waals surface area contributed by atoms with Gasteiger partial charge < -0.3 is 26.2 Å². The zero-order valence-electron chi connectivity index (χ0n) is 21.3. The minimum absolute atomic E-state index is 0.0873. The Hall–Kier alpha value is -3.72. The van der Waals surface area contributed by atoms with Crippen LogP contribution in [0.4, 0.5) is 0 Å². The van der Waals surface area contributed by atoms with Gasteiger partial charge in [0.1, 0.15) is 5.75 Å². The molecule has 0 aromatic heterocycles. The molecule has 1 aliphatic rings. The van der Waals surface area contributed by atoms with Crippen LogP contribution in [0.25, 0.3) is 0 Å². The SMILES string of the molecule is CC(C)C[C@H](NC(=O)C1OC1C(=O)N[C@@H](C)c1ccccc1)C(=O)C[C@@H](Cc1ccc(O)cc1)C(N)=O. The molecule has 0 aliphatic carbocycles. The second-order valence-corrected chi connectivity index (χ2v) is 9.95. The Balaban J connectivity index is 1.58. The van der Waals surface area contributed by atoms with E-state index in [9.17, 15) is 24.3 Å². The Bertz CT molecular complexity index is 1100. The van der Waals surface area contributed by atoms with Crippen LogP contribution < -0.4 is 16.4 Å². The van der Waals surface area contributed by atoms with Crippen LogP contribution in [0.1, 0.15) is 50.8 Å². The third kappa shape index (κ3) is 8.15. The minimum Gasteiger partial charge on any atom is -0.508 e. The number of ketones is 1. The fourth-order valence-electron chi connectivity index (χ4n) is 4.20. The third-order valence-electron chi connectivity index (χ3n) is 6.35. The standard InChI is InChI=1S/C28H35N3O6/c1-16(2)13-22(23(33)15-20(26(29)34)14-18-9-11-21(32)12-10-18)31-28(36)25-24(37-25)27(35)30-17(3)19-7-5-4-6-8-19/h4-12,16-17,20,22,24-25,32H,13-15H2,1-3H3,(H2,29,34)(H,30,35)(H,31,36)/t17-,20+,22-,24?,25?/m0/s1. The van der Waals surface area contributed by atoms with E-state index in [-0.39, 0.29) is 36.3 Å². The highest BCUT2D eigenvalue weighted by Gasteiger charge is 2.51. The normalized spacial score (nSPS) is 18.9. The van der Waals surface area contributed by atoms with Crippen molar-refractivity contribution in [3.05, 3.63) is 65.7 Å². The van der Waals surface area contributed by atoms with E-state index in [1.54, 1.807) is 12.1 Å². The van der Waals surface area contributed by atoms with Gasteiger partial charge in [-0.15, -0.1) is 0 Å². The number of nitrogens with two attached hydrogens (primary N) is 1. The summed E-state index contributed by atoms with van der Waals surface area (Å²) < 4.78 is 5.34. The second kappa shape index (κ2) is 12.5. The van der Waals surface area contributed by atoms with Gasteiger partial charge in [-0.2, -0.15) is 0 Å². The highest BCUT2D eigenvalue weighted by atomic mass is 16.6. The molecule has 0 spiro atoms. The third-order valence-corrected chi connectivity index (χ3v) is 6.35. The Morgan fingerprint density at radius 2 is 1.51 bits per heavy atom. The monoisotopic (exact) mass is 509 g/mol. The van der Waals surface area contributed by atoms with E-state index in [1.807, 2.05) is 51.1 Å². The molecule has 1 fully saturated rings. The number of nitrogens with one attached hydrogen (secondary N) is 2. The van der Waals surface area contributed by atoms with Gasteiger partial charge in [0.15, 0.2) is 18.0 Å². The highest BCUT2D eigenvalue weighted by molar-refractivity contribution is 5.98. The van der Waals surface area contributed by atoms with Gasteiger partial charge in [0.25, 0.3) is 11.8 Å². The molecule has 1 heterocycles. The summed E-state index contributed by atoms with van der Waals surface area (Å²) in [6, 6.07) is 14.7. The molecule has 3 amide bonds. The molecule has 9 nitrogen and oxygen atoms in total. The van der Waals surface area contributed by atoms with E-state index in [0.29, 0.717) is 6.42 Å². The first-order valence-electron chi connectivity index (χ1n) is 12.5. The maximum Gasteiger partial charge on any atom is 0.253 e. The lowest BCUT2D eigenvalue weighted by Crippen LogP contribution is -2.46. The second-order valence-electron chi connectivity index (χ2n) is 9.95. The molecule has 198 valence electrons. The molecule has 2 aromatic rings. The Labute approximate surface area is 216 Å². The first kappa shape index (κ1) is 27.9. The number of phenolic OH excluding ortho intramolecular Hbond substituents is 1. The minimum atomic E-state index is -0.977. The summed E-state index contributed by atoms with van der Waals surface area (Å²) in [5, 5.41) is 15.0. The molecule has 37 heavy (non-hydrogen) atoms. The number of hydrogen-bond acceptors (Lipinski definition) is 6. The van der Waals surface area contributed by atoms with Crippen LogP contribution in [0.2, 0.25) is 0 Å². The number of aromatic hydroxyl groups is 1. The van der Waals surface area contributed by atoms with Crippen LogP contribution in [-0.2, 0) is 30.3 Å². The highest BCUT2D eigenvalue weighted by Crippen LogP contribution is 2.25. The van der Waals surface area contributed by atoms with Gasteiger partial charge in [-0.3, -0.25) is 19.2 Å². The number of primary amides is 1. The lowest BCUT2D eigenvalue weighted by Gasteiger charge is -2.21. The summed E-state index contributed by atoms with van der Waals surface area (Å²) >= 11 is 0. The molecule has 5 atom stereocenters. The van der Waals surface area contributed by atoms with Gasteiger partial charge in [0.05, 0.1) is 12.1 Å². The van der Waals surface area contributed by atoms with Crippen molar-refractivity contribution < 1.29 is 29.0 Å². The molecule has 0 bridgehead atoms. The maximum atomic E-state index is 13.2. The molecule has 9 heteroatoms. The van der Waals surface area contributed by atoms with Crippen LogP contribution in [-0.4, -0.2) is 46.9 Å². The summed E-state index contributed by atoms with van der Waals surface area (Å²) in [4.78, 5) is 50.6. The van der Waals surface area contributed by atoms with Crippen molar-refractivity contribution in [1.29, 1.82) is 0 Å². The predicted molar refractivity (Wildman–Crippen MR) is 137 cm³/mol. The van der Waals surface area contributed by atoms with Crippen molar-refractivity contribution in [1.82, 2.24) is 10.6 Å². The molecule has 1 saturated heterocycles. The van der Waals surface area contributed by atoms with Gasteiger partial charge in [-0.05, 0) is 48.9 Å². The van der Waals surface area contributed by atoms with E-state index in [4.69, 9.17) is 10.5 Å². The lowest BCUT2D eigenvalue weighted by atomic mass is 9.89. The van der Waals surface area contributed by atoms with Gasteiger partial charge >= 0.3 is 0 Å². The number of carbonyl (C=O) groups excluding carboxylic acids is 4. The van der Waals surface area contributed by atoms with E-state index >= 15 is 0 Å². The summed E-state index contributed by atoms with van der Waals surface area (Å²) in [6.45, 7) is 5.68. The average molecular weight is 510 g/mol. The van der Waals surface area contributed by atoms with Gasteiger partial charge in [0, 0.05) is 12.3 Å². The molecule has 3 rings (SSSR count). The van der Waals surface area contributed by atoms with Crippen molar-refractivity contribution in [2.75, 3.05) is 0 Å². The Morgan fingerprint density at radius 1 is 0.919 bits per heavy atom. The van der Waals surface area contributed by atoms with Crippen molar-refractivity contribution in [2.45, 2.75) is 64.3 Å². The molecule has 5 N–H and O–H groups in total. The summed E-state index contributed by atoms with van der Waals surface area (Å²) in [6.07, 6.45) is -1.44. The van der Waals surface area contributed by atoms with Crippen LogP contribution in [0.15, 0.2) is 54.6 Å². The molecule has 2 aromatic carbocycles. The van der Waals surface area contributed by atoms with Crippen molar-refractivity contribution in [3.63, 3.8) is 0 Å². The van der Waals surface area contributed by atoms with Crippen LogP contribution in [0, 0.1) is 11.8 Å². The van der Waals surface area contributed by atoms with Crippen molar-refractivity contribution >= 4 is 23.5 Å². The summed E-state index contributed by atoms with van der Waals surface area (Å²) in [5.74, 6) is -2.46. The zero-order chi connectivity index (χ0) is 27.1. The van der Waals surface area contributed by atoms with Crippen LogP contribution in [0.3, 0.4) is 0 Å². The predicted octanol–water partition coefficient (Wildman–Crippen LogP) is 2.17. The topological polar surface area (TPSA) is 151 Å². The van der Waals surface area contributed by atoms with E-state index in [2.05, 4.69) is 10.6 Å². The summed E-state index contributed by atoms with van der Waals surface area (Å²) in [7, 11) is 0. The van der Waals surface area contributed by atoms with E-state index < -0.39 is 41.9 Å². The smallest absolute Gasteiger partial charge is 0.253 e. The number of phenols is 1. The molecule has 0 saturated carbocycles. The summed E-state index contributed by atoms with van der Waals surface area (Å²) in [5.41, 5.74) is 7.25. The van der Waals surface area contributed by atoms with Crippen LogP contribution >= 0.6 is 0 Å². The number of amides is 3. The number of rotatable bonds is 13. The fraction of sp³-hybridized carbons (Fsp3) is 0.429. The first-order chi connectivity index (χ1) is 17.5. The number of epoxide rings is 1. The number of hydrogen-bond donors (Lipinski definition) is 4. The van der Waals surface area contributed by atoms with Gasteiger partial charge in [-0.25, -0.2) is 0 Å². The molecule has 0 radical (unpaired) electrons. The van der Waals surface area contributed by atoms with Crippen molar-refractivity contribution in [2.24, 2.45) is 17.6 Å². The molecular weight excluding hydrogens is 474 g/mol. The van der Waals surface area contributed by atoms with Crippen molar-refractivity contribution in [3.8, 4) is 5.75 Å². The Kier molecular flexibility index (Phi) is 9.41. The number of benzene rings is 2. The first-order valence-corrected chi connectivity index (χ1v) is 12.5. The van der Waals surface area contributed by atoms with E-state index in [1.165, 1.54) is 12.1 Å². The lowest BCUT2D eigenvalue weighted by molar-refractivity contribution is -0.131. The average Bonchev–Trinajstić information content (AvgIpc) is 3.66. The fourth-order valence-corrected chi connectivity index (χ4v) is 4.20. The van der Waals surface area contributed by atoms with Gasteiger partial charge in [-0.1, -0.05) is 56.3 Å². The Morgan fingerprint density at radius 3 is 2.08 bits per heavy atom. The van der Waals surface area contributed by atoms with E-state index in [0.717, 1.165) is 11.1 Å². The quantitative estimate of drug-likeness (QED) is 0.304. The largest absolute Gasteiger partial charge is 0.508 e. The van der Waals surface area contributed by atoms with Gasteiger partial charge in [0.2, 0.25) is 5.91 Å². The molecular formula is C28H35N3O6. The molecule has 1 aliphatic heterocycles. The van der Waals surface area contributed by atoms with Crippen LogP contribution in [0.5, 0.6) is 5.75 Å². The molecule has 2 unspecified atom stereocenters. The number of Topliss-reactive ketones (excluding diaryl/α,β-unsaturated/α-hetero) is 1.